The fourth-order valence-corrected chi connectivity index (χ4v) is 5.71. The first-order chi connectivity index (χ1) is 16.9. The molecule has 0 bridgehead atoms. The number of amides is 1. The van der Waals surface area contributed by atoms with Crippen molar-refractivity contribution in [3.63, 3.8) is 0 Å². The van der Waals surface area contributed by atoms with Crippen molar-refractivity contribution in [2.45, 2.75) is 16.3 Å². The van der Waals surface area contributed by atoms with Crippen molar-refractivity contribution >= 4 is 40.8 Å². The Kier molecular flexibility index (Phi) is 5.52. The van der Waals surface area contributed by atoms with E-state index in [2.05, 4.69) is 21.2 Å². The number of rotatable bonds is 4. The van der Waals surface area contributed by atoms with E-state index in [1.165, 1.54) is 16.7 Å². The summed E-state index contributed by atoms with van der Waals surface area (Å²) >= 11 is 7.52. The van der Waals surface area contributed by atoms with Crippen LogP contribution in [0.15, 0.2) is 69.9 Å². The third-order valence-corrected chi connectivity index (χ3v) is 7.31. The number of anilines is 2. The summed E-state index contributed by atoms with van der Waals surface area (Å²) in [6.07, 6.45) is 5.53. The van der Waals surface area contributed by atoms with E-state index in [0.29, 0.717) is 27.2 Å². The minimum atomic E-state index is -1.76. The molecule has 10 heteroatoms. The van der Waals surface area contributed by atoms with Gasteiger partial charge < -0.3 is 16.0 Å². The van der Waals surface area contributed by atoms with Gasteiger partial charge in [0.25, 0.3) is 5.56 Å². The highest BCUT2D eigenvalue weighted by molar-refractivity contribution is 7.98. The molecule has 2 aliphatic heterocycles. The standard InChI is InChI=1S/C25H17ClN6O2S/c1-2-11-32-18-10-6-4-8-15(18)25(23(32)34)16(12-27)20(28)29-21-19(25)22(33)31-24(30-21)35-13-14-7-3-5-9-17(14)26/h1,3-10H,11,13,28H2,(H2,29,30,31,33)/t25-/m0/s1. The van der Waals surface area contributed by atoms with Crippen LogP contribution in [0.4, 0.5) is 11.5 Å². The van der Waals surface area contributed by atoms with Gasteiger partial charge in [-0.3, -0.25) is 14.5 Å². The lowest BCUT2D eigenvalue weighted by Crippen LogP contribution is -2.49. The number of carbonyl (C=O) groups excluding carboxylic acids is 1. The van der Waals surface area contributed by atoms with Crippen molar-refractivity contribution in [1.82, 2.24) is 9.97 Å². The van der Waals surface area contributed by atoms with Crippen molar-refractivity contribution in [2.24, 2.45) is 5.73 Å². The number of H-pyrrole nitrogens is 1. The zero-order chi connectivity index (χ0) is 24.7. The van der Waals surface area contributed by atoms with Crippen molar-refractivity contribution in [2.75, 3.05) is 16.8 Å². The van der Waals surface area contributed by atoms with Crippen LogP contribution in [0, 0.1) is 23.7 Å². The van der Waals surface area contributed by atoms with Crippen molar-refractivity contribution in [3.8, 4) is 18.4 Å². The van der Waals surface area contributed by atoms with Gasteiger partial charge in [-0.15, -0.1) is 6.42 Å². The molecule has 172 valence electrons. The molecule has 0 radical (unpaired) electrons. The molecule has 4 N–H and O–H groups in total. The van der Waals surface area contributed by atoms with Crippen LogP contribution in [0.2, 0.25) is 5.02 Å². The Balaban J connectivity index is 1.69. The zero-order valence-electron chi connectivity index (χ0n) is 18.1. The molecule has 1 amide bonds. The largest absolute Gasteiger partial charge is 0.384 e. The van der Waals surface area contributed by atoms with Crippen LogP contribution in [-0.4, -0.2) is 22.4 Å². The van der Waals surface area contributed by atoms with E-state index in [9.17, 15) is 14.9 Å². The first kappa shape index (κ1) is 22.6. The molecule has 0 saturated heterocycles. The molecule has 8 nitrogen and oxygen atoms in total. The predicted molar refractivity (Wildman–Crippen MR) is 135 cm³/mol. The van der Waals surface area contributed by atoms with E-state index >= 15 is 0 Å². The molecule has 1 aromatic heterocycles. The Morgan fingerprint density at radius 1 is 1.20 bits per heavy atom. The topological polar surface area (TPSA) is 128 Å². The maximum Gasteiger partial charge on any atom is 0.258 e. The van der Waals surface area contributed by atoms with Crippen LogP contribution in [0.25, 0.3) is 0 Å². The van der Waals surface area contributed by atoms with Crippen LogP contribution in [0.5, 0.6) is 0 Å². The number of hydrogen-bond donors (Lipinski definition) is 3. The fourth-order valence-electron chi connectivity index (χ4n) is 4.57. The summed E-state index contributed by atoms with van der Waals surface area (Å²) < 4.78 is 0. The molecule has 5 rings (SSSR count). The molecule has 0 aliphatic carbocycles. The van der Waals surface area contributed by atoms with Crippen molar-refractivity contribution in [1.29, 1.82) is 5.26 Å². The lowest BCUT2D eigenvalue weighted by atomic mass is 9.69. The minimum absolute atomic E-state index is 0.00214. The van der Waals surface area contributed by atoms with Crippen LogP contribution in [0.3, 0.4) is 0 Å². The van der Waals surface area contributed by atoms with Crippen molar-refractivity contribution < 1.29 is 4.79 Å². The second-order valence-electron chi connectivity index (χ2n) is 7.86. The minimum Gasteiger partial charge on any atom is -0.384 e. The number of thioether (sulfide) groups is 1. The quantitative estimate of drug-likeness (QED) is 0.285. The third-order valence-electron chi connectivity index (χ3n) is 6.02. The number of fused-ring (bicyclic) bond motifs is 4. The molecule has 35 heavy (non-hydrogen) atoms. The fraction of sp³-hybridized carbons (Fsp3) is 0.120. The number of halogens is 1. The van der Waals surface area contributed by atoms with E-state index in [1.54, 1.807) is 30.3 Å². The summed E-state index contributed by atoms with van der Waals surface area (Å²) in [5.74, 6) is 2.47. The van der Waals surface area contributed by atoms with Gasteiger partial charge in [0, 0.05) is 22.0 Å². The van der Waals surface area contributed by atoms with Gasteiger partial charge in [0.2, 0.25) is 5.91 Å². The van der Waals surface area contributed by atoms with Gasteiger partial charge in [-0.05, 0) is 17.7 Å². The SMILES string of the molecule is C#CCN1C(=O)[C@]2(C(C#N)=C(N)Nc3nc(SCc4ccccc4Cl)[nH]c(=O)c32)c2ccccc21. The Bertz CT molecular complexity index is 1570. The van der Waals surface area contributed by atoms with Gasteiger partial charge in [0.15, 0.2) is 5.16 Å². The molecule has 1 atom stereocenters. The number of nitrogens with two attached hydrogens (primary N) is 1. The summed E-state index contributed by atoms with van der Waals surface area (Å²) in [7, 11) is 0. The number of carbonyl (C=O) groups is 1. The van der Waals surface area contributed by atoms with Crippen LogP contribution in [-0.2, 0) is 16.0 Å². The number of terminal acetylenes is 1. The van der Waals surface area contributed by atoms with Gasteiger partial charge in [-0.2, -0.15) is 5.26 Å². The first-order valence-electron chi connectivity index (χ1n) is 10.5. The van der Waals surface area contributed by atoms with Crippen molar-refractivity contribution in [3.05, 3.63) is 92.0 Å². The Morgan fingerprint density at radius 2 is 1.94 bits per heavy atom. The highest BCUT2D eigenvalue weighted by Crippen LogP contribution is 2.53. The van der Waals surface area contributed by atoms with Gasteiger partial charge in [0.05, 0.1) is 17.7 Å². The summed E-state index contributed by atoms with van der Waals surface area (Å²) in [6.45, 7) is -0.0317. The number of aromatic nitrogens is 2. The third kappa shape index (κ3) is 3.28. The molecular formula is C25H17ClN6O2S. The monoisotopic (exact) mass is 500 g/mol. The molecular weight excluding hydrogens is 484 g/mol. The molecule has 3 aromatic rings. The Morgan fingerprint density at radius 3 is 2.69 bits per heavy atom. The van der Waals surface area contributed by atoms with E-state index in [0.717, 1.165) is 5.56 Å². The van der Waals surface area contributed by atoms with E-state index in [-0.39, 0.29) is 29.3 Å². The van der Waals surface area contributed by atoms with E-state index < -0.39 is 16.9 Å². The van der Waals surface area contributed by atoms with E-state index in [4.69, 9.17) is 23.8 Å². The van der Waals surface area contributed by atoms with Crippen LogP contribution in [0.1, 0.15) is 16.7 Å². The number of nitrogens with zero attached hydrogens (tertiary/aromatic N) is 3. The highest BCUT2D eigenvalue weighted by atomic mass is 35.5. The molecule has 1 spiro atoms. The smallest absolute Gasteiger partial charge is 0.258 e. The van der Waals surface area contributed by atoms with Gasteiger partial charge in [-0.25, -0.2) is 4.98 Å². The van der Waals surface area contributed by atoms with Gasteiger partial charge in [0.1, 0.15) is 23.1 Å². The average molecular weight is 501 g/mol. The maximum atomic E-state index is 14.0. The lowest BCUT2D eigenvalue weighted by Gasteiger charge is -2.33. The number of para-hydroxylation sites is 1. The van der Waals surface area contributed by atoms with Crippen LogP contribution < -0.4 is 21.5 Å². The Hall–Kier alpha value is -4.18. The number of hydrogen-bond acceptors (Lipinski definition) is 7. The molecule has 0 unspecified atom stereocenters. The highest BCUT2D eigenvalue weighted by Gasteiger charge is 2.60. The molecule has 0 fully saturated rings. The lowest BCUT2D eigenvalue weighted by molar-refractivity contribution is -0.120. The number of benzene rings is 2. The number of aromatic amines is 1. The number of nitrogens with one attached hydrogen (secondary N) is 2. The summed E-state index contributed by atoms with van der Waals surface area (Å²) in [5, 5.41) is 13.8. The second kappa shape index (κ2) is 8.55. The predicted octanol–water partition coefficient (Wildman–Crippen LogP) is 3.10. The Labute approximate surface area is 209 Å². The maximum absolute atomic E-state index is 14.0. The van der Waals surface area contributed by atoms with Gasteiger partial charge in [-0.1, -0.05) is 65.7 Å². The molecule has 0 saturated carbocycles. The van der Waals surface area contributed by atoms with Crippen LogP contribution >= 0.6 is 23.4 Å². The normalized spacial score (nSPS) is 18.0. The first-order valence-corrected chi connectivity index (χ1v) is 11.8. The van der Waals surface area contributed by atoms with E-state index in [1.807, 2.05) is 24.3 Å². The molecule has 3 heterocycles. The number of nitriles is 1. The zero-order valence-corrected chi connectivity index (χ0v) is 19.7. The summed E-state index contributed by atoms with van der Waals surface area (Å²) in [5.41, 5.74) is 5.68. The molecule has 2 aliphatic rings. The second-order valence-corrected chi connectivity index (χ2v) is 9.23. The summed E-state index contributed by atoms with van der Waals surface area (Å²) in [6, 6.07) is 16.3. The van der Waals surface area contributed by atoms with Gasteiger partial charge >= 0.3 is 0 Å². The molecule has 2 aromatic carbocycles. The average Bonchev–Trinajstić information content (AvgIpc) is 3.07. The summed E-state index contributed by atoms with van der Waals surface area (Å²) in [4.78, 5) is 36.2.